The van der Waals surface area contributed by atoms with Gasteiger partial charge in [-0.1, -0.05) is 18.2 Å². The summed E-state index contributed by atoms with van der Waals surface area (Å²) in [6.07, 6.45) is 0. The summed E-state index contributed by atoms with van der Waals surface area (Å²) in [6.45, 7) is 0. The van der Waals surface area contributed by atoms with Gasteiger partial charge in [0.2, 0.25) is 5.91 Å². The number of ether oxygens (including phenoxy) is 2. The number of fused-ring (bicyclic) bond motifs is 1. The fourth-order valence-corrected chi connectivity index (χ4v) is 4.19. The average Bonchev–Trinajstić information content (AvgIpc) is 2.82. The third kappa shape index (κ3) is 4.00. The average molecular weight is 452 g/mol. The van der Waals surface area contributed by atoms with Crippen LogP contribution in [0.4, 0.5) is 14.5 Å². The van der Waals surface area contributed by atoms with Gasteiger partial charge in [-0.3, -0.25) is 9.59 Å². The third-order valence-electron chi connectivity index (χ3n) is 5.79. The quantitative estimate of drug-likeness (QED) is 0.618. The van der Waals surface area contributed by atoms with Crippen LogP contribution in [0, 0.1) is 11.6 Å². The largest absolute Gasteiger partial charge is 0.493 e. The van der Waals surface area contributed by atoms with E-state index in [9.17, 15) is 18.4 Å². The lowest BCUT2D eigenvalue weighted by Crippen LogP contribution is -2.44. The number of carbonyl (C=O) groups is 2. The second-order valence-electron chi connectivity index (χ2n) is 7.65. The Balaban J connectivity index is 1.89. The van der Waals surface area contributed by atoms with E-state index in [1.54, 1.807) is 24.3 Å². The molecule has 3 aromatic rings. The summed E-state index contributed by atoms with van der Waals surface area (Å²) < 4.78 is 38.9. The summed E-state index contributed by atoms with van der Waals surface area (Å²) in [5, 5.41) is 2.76. The minimum Gasteiger partial charge on any atom is -0.493 e. The van der Waals surface area contributed by atoms with E-state index in [0.717, 1.165) is 0 Å². The smallest absolute Gasteiger partial charge is 0.254 e. The number of methoxy groups -OCH3 is 2. The number of hydrogen-bond donors (Lipinski definition) is 1. The highest BCUT2D eigenvalue weighted by molar-refractivity contribution is 6.04. The first-order valence-corrected chi connectivity index (χ1v) is 10.2. The van der Waals surface area contributed by atoms with Crippen molar-refractivity contribution in [2.75, 3.05) is 26.6 Å². The number of likely N-dealkylation sites (N-methyl/N-ethyl adjacent to an activating group) is 1. The zero-order chi connectivity index (χ0) is 23.7. The van der Waals surface area contributed by atoms with Gasteiger partial charge in [-0.25, -0.2) is 8.78 Å². The molecule has 0 bridgehead atoms. The highest BCUT2D eigenvalue weighted by Crippen LogP contribution is 2.46. The van der Waals surface area contributed by atoms with E-state index in [2.05, 4.69) is 5.32 Å². The molecule has 2 amide bonds. The van der Waals surface area contributed by atoms with Gasteiger partial charge in [0.1, 0.15) is 11.6 Å². The maximum atomic E-state index is 14.9. The first kappa shape index (κ1) is 22.3. The van der Waals surface area contributed by atoms with E-state index in [1.807, 2.05) is 0 Å². The predicted molar refractivity (Wildman–Crippen MR) is 119 cm³/mol. The number of benzene rings is 3. The zero-order valence-electron chi connectivity index (χ0n) is 18.3. The summed E-state index contributed by atoms with van der Waals surface area (Å²) in [4.78, 5) is 28.2. The van der Waals surface area contributed by atoms with E-state index in [-0.39, 0.29) is 17.0 Å². The Morgan fingerprint density at radius 1 is 0.939 bits per heavy atom. The second kappa shape index (κ2) is 8.90. The summed E-state index contributed by atoms with van der Waals surface area (Å²) in [7, 11) is 4.42. The van der Waals surface area contributed by atoms with Crippen LogP contribution < -0.4 is 14.8 Å². The van der Waals surface area contributed by atoms with Gasteiger partial charge in [0.05, 0.1) is 26.2 Å². The molecule has 0 unspecified atom stereocenters. The van der Waals surface area contributed by atoms with Crippen LogP contribution in [0.25, 0.3) is 0 Å². The Bertz CT molecular complexity index is 1210. The summed E-state index contributed by atoms with van der Waals surface area (Å²) >= 11 is 0. The van der Waals surface area contributed by atoms with Crippen LogP contribution in [0.5, 0.6) is 11.5 Å². The normalized spacial score (nSPS) is 17.4. The lowest BCUT2D eigenvalue weighted by molar-refractivity contribution is -0.119. The predicted octanol–water partition coefficient (Wildman–Crippen LogP) is 4.53. The minimum absolute atomic E-state index is 0.202. The molecule has 0 fully saturated rings. The second-order valence-corrected chi connectivity index (χ2v) is 7.65. The molecule has 0 saturated carbocycles. The van der Waals surface area contributed by atoms with Gasteiger partial charge < -0.3 is 19.7 Å². The number of nitrogens with zero attached hydrogens (tertiary/aromatic N) is 1. The topological polar surface area (TPSA) is 67.9 Å². The number of anilines is 1. The third-order valence-corrected chi connectivity index (χ3v) is 5.79. The number of rotatable bonds is 5. The van der Waals surface area contributed by atoms with Gasteiger partial charge >= 0.3 is 0 Å². The Morgan fingerprint density at radius 3 is 2.21 bits per heavy atom. The number of amides is 2. The summed E-state index contributed by atoms with van der Waals surface area (Å²) in [5.41, 5.74) is 1.20. The lowest BCUT2D eigenvalue weighted by Gasteiger charge is -2.40. The number of halogens is 2. The van der Waals surface area contributed by atoms with E-state index < -0.39 is 29.5 Å². The van der Waals surface area contributed by atoms with Crippen LogP contribution in [0.2, 0.25) is 0 Å². The van der Waals surface area contributed by atoms with Crippen molar-refractivity contribution in [1.82, 2.24) is 4.90 Å². The van der Waals surface area contributed by atoms with Crippen molar-refractivity contribution in [3.8, 4) is 11.5 Å². The van der Waals surface area contributed by atoms with Crippen molar-refractivity contribution < 1.29 is 27.8 Å². The standard InChI is InChI=1S/C25H22F2N2O4/c1-29-23(16-6-4-5-7-19(16)27)22(24(30)28-15-10-8-14(26)9-11-15)17-12-20(32-2)21(33-3)13-18(17)25(29)31/h4-13,22-23H,1-3H3,(H,28,30)/t22-,23-/m1/s1. The van der Waals surface area contributed by atoms with Crippen molar-refractivity contribution in [2.24, 2.45) is 0 Å². The highest BCUT2D eigenvalue weighted by atomic mass is 19.1. The van der Waals surface area contributed by atoms with E-state index >= 15 is 0 Å². The van der Waals surface area contributed by atoms with E-state index in [0.29, 0.717) is 22.7 Å². The van der Waals surface area contributed by atoms with Crippen LogP contribution in [0.15, 0.2) is 60.7 Å². The van der Waals surface area contributed by atoms with Gasteiger partial charge in [-0.2, -0.15) is 0 Å². The van der Waals surface area contributed by atoms with Gasteiger partial charge in [-0.15, -0.1) is 0 Å². The first-order chi connectivity index (χ1) is 15.8. The first-order valence-electron chi connectivity index (χ1n) is 10.2. The van der Waals surface area contributed by atoms with E-state index in [1.165, 1.54) is 62.6 Å². The van der Waals surface area contributed by atoms with E-state index in [4.69, 9.17) is 9.47 Å². The van der Waals surface area contributed by atoms with Crippen molar-refractivity contribution in [3.05, 3.63) is 89.0 Å². The van der Waals surface area contributed by atoms with Crippen molar-refractivity contribution in [1.29, 1.82) is 0 Å². The lowest BCUT2D eigenvalue weighted by atomic mass is 9.79. The summed E-state index contributed by atoms with van der Waals surface area (Å²) in [6, 6.07) is 13.5. The van der Waals surface area contributed by atoms with Gasteiger partial charge in [0.25, 0.3) is 5.91 Å². The Kier molecular flexibility index (Phi) is 6.00. The molecule has 6 nitrogen and oxygen atoms in total. The molecule has 1 N–H and O–H groups in total. The highest BCUT2D eigenvalue weighted by Gasteiger charge is 2.44. The molecule has 0 aromatic heterocycles. The molecule has 1 heterocycles. The molecule has 0 saturated heterocycles. The van der Waals surface area contributed by atoms with Crippen LogP contribution >= 0.6 is 0 Å². The van der Waals surface area contributed by atoms with Gasteiger partial charge in [0.15, 0.2) is 11.5 Å². The Morgan fingerprint density at radius 2 is 1.58 bits per heavy atom. The maximum absolute atomic E-state index is 14.9. The molecule has 33 heavy (non-hydrogen) atoms. The van der Waals surface area contributed by atoms with Crippen LogP contribution in [0.1, 0.15) is 33.4 Å². The fraction of sp³-hybridized carbons (Fsp3) is 0.200. The molecule has 3 aromatic carbocycles. The molecule has 4 rings (SSSR count). The van der Waals surface area contributed by atoms with Crippen molar-refractivity contribution >= 4 is 17.5 Å². The molecule has 0 aliphatic carbocycles. The monoisotopic (exact) mass is 452 g/mol. The fourth-order valence-electron chi connectivity index (χ4n) is 4.19. The van der Waals surface area contributed by atoms with Gasteiger partial charge in [0, 0.05) is 23.9 Å². The van der Waals surface area contributed by atoms with Crippen molar-refractivity contribution in [3.63, 3.8) is 0 Å². The van der Waals surface area contributed by atoms with Crippen LogP contribution in [-0.4, -0.2) is 38.0 Å². The molecule has 1 aliphatic rings. The Labute approximate surface area is 189 Å². The van der Waals surface area contributed by atoms with Crippen LogP contribution in [0.3, 0.4) is 0 Å². The van der Waals surface area contributed by atoms with Crippen molar-refractivity contribution in [2.45, 2.75) is 12.0 Å². The zero-order valence-corrected chi connectivity index (χ0v) is 18.3. The van der Waals surface area contributed by atoms with Crippen LogP contribution in [-0.2, 0) is 4.79 Å². The van der Waals surface area contributed by atoms with Gasteiger partial charge in [-0.05, 0) is 48.0 Å². The number of hydrogen-bond acceptors (Lipinski definition) is 4. The molecule has 1 aliphatic heterocycles. The molecule has 8 heteroatoms. The molecule has 2 atom stereocenters. The number of carbonyl (C=O) groups excluding carboxylic acids is 2. The Hall–Kier alpha value is -3.94. The molecular formula is C25H22F2N2O4. The molecule has 0 radical (unpaired) electrons. The molecular weight excluding hydrogens is 430 g/mol. The summed E-state index contributed by atoms with van der Waals surface area (Å²) in [5.74, 6) is -2.16. The maximum Gasteiger partial charge on any atom is 0.254 e. The molecule has 0 spiro atoms. The SMILES string of the molecule is COc1cc2c(cc1OC)[C@@H](C(=O)Nc1ccc(F)cc1)[C@@H](c1ccccc1F)N(C)C2=O. The number of nitrogens with one attached hydrogen (secondary N) is 1. The minimum atomic E-state index is -0.982. The molecule has 170 valence electrons.